The molecule has 0 saturated carbocycles. The molecule has 1 fully saturated rings. The van der Waals surface area contributed by atoms with Gasteiger partial charge >= 0.3 is 0 Å². The number of hydrogen-bond donors (Lipinski definition) is 1. The van der Waals surface area contributed by atoms with Crippen molar-refractivity contribution in [3.63, 3.8) is 0 Å². The van der Waals surface area contributed by atoms with Crippen molar-refractivity contribution in [2.75, 3.05) is 18.4 Å². The molecule has 156 valence electrons. The zero-order valence-corrected chi connectivity index (χ0v) is 18.5. The van der Waals surface area contributed by atoms with Crippen molar-refractivity contribution in [2.45, 2.75) is 39.3 Å². The molecule has 3 aromatic rings. The maximum absolute atomic E-state index is 13.0. The molecular formula is C23H27N5OS. The molecule has 0 unspecified atom stereocenters. The number of carbonyl (C=O) groups excluding carboxylic acids is 1. The van der Waals surface area contributed by atoms with E-state index in [-0.39, 0.29) is 11.9 Å². The maximum Gasteiger partial charge on any atom is 0.239 e. The minimum Gasteiger partial charge on any atom is -0.353 e. The molecule has 1 aliphatic rings. The standard InChI is InChI=1S/C23H27N5OS/c1-16-17(2)28(14-18-7-6-12-30-18)23(19(16)13-24)25-22(29)15-27-11-5-9-21(27)20-8-4-10-26(20)3/h4,6-8,10,12,21H,5,9,11,14-15H2,1-3H3,(H,25,29)/t21-/m1/s1. The molecule has 3 aromatic heterocycles. The number of amides is 1. The van der Waals surface area contributed by atoms with E-state index in [9.17, 15) is 10.1 Å². The summed E-state index contributed by atoms with van der Waals surface area (Å²) >= 11 is 1.68. The van der Waals surface area contributed by atoms with Gasteiger partial charge in [-0.15, -0.1) is 11.3 Å². The molecular weight excluding hydrogens is 394 g/mol. The Hall–Kier alpha value is -2.82. The van der Waals surface area contributed by atoms with Crippen molar-refractivity contribution >= 4 is 23.1 Å². The Bertz CT molecular complexity index is 1090. The lowest BCUT2D eigenvalue weighted by atomic mass is 10.1. The third-order valence-corrected chi connectivity index (χ3v) is 6.99. The number of nitrogens with zero attached hydrogens (tertiary/aromatic N) is 4. The lowest BCUT2D eigenvalue weighted by molar-refractivity contribution is -0.117. The number of nitriles is 1. The fraction of sp³-hybridized carbons (Fsp3) is 0.391. The number of aromatic nitrogens is 2. The molecule has 4 heterocycles. The first kappa shape index (κ1) is 20.5. The van der Waals surface area contributed by atoms with Gasteiger partial charge in [-0.25, -0.2) is 0 Å². The highest BCUT2D eigenvalue weighted by Crippen LogP contribution is 2.32. The summed E-state index contributed by atoms with van der Waals surface area (Å²) < 4.78 is 4.18. The van der Waals surface area contributed by atoms with Crippen LogP contribution in [0.1, 0.15) is 46.3 Å². The molecule has 0 spiro atoms. The second-order valence-electron chi connectivity index (χ2n) is 7.93. The Morgan fingerprint density at radius 3 is 2.83 bits per heavy atom. The number of carbonyl (C=O) groups is 1. The molecule has 4 rings (SSSR count). The van der Waals surface area contributed by atoms with E-state index >= 15 is 0 Å². The van der Waals surface area contributed by atoms with Crippen molar-refractivity contribution in [3.05, 3.63) is 63.2 Å². The molecule has 0 aliphatic carbocycles. The summed E-state index contributed by atoms with van der Waals surface area (Å²) in [5, 5.41) is 14.8. The molecule has 0 radical (unpaired) electrons. The number of likely N-dealkylation sites (tertiary alicyclic amines) is 1. The highest BCUT2D eigenvalue weighted by atomic mass is 32.1. The van der Waals surface area contributed by atoms with E-state index in [1.54, 1.807) is 11.3 Å². The van der Waals surface area contributed by atoms with Gasteiger partial charge in [0.05, 0.1) is 24.7 Å². The third-order valence-electron chi connectivity index (χ3n) is 6.13. The number of rotatable bonds is 6. The van der Waals surface area contributed by atoms with Crippen molar-refractivity contribution in [1.82, 2.24) is 14.0 Å². The zero-order valence-electron chi connectivity index (χ0n) is 17.7. The van der Waals surface area contributed by atoms with Gasteiger partial charge in [0.25, 0.3) is 0 Å². The largest absolute Gasteiger partial charge is 0.353 e. The first-order valence-electron chi connectivity index (χ1n) is 10.3. The van der Waals surface area contributed by atoms with Gasteiger partial charge in [0.2, 0.25) is 5.91 Å². The number of nitrogens with one attached hydrogen (secondary N) is 1. The van der Waals surface area contributed by atoms with Crippen LogP contribution in [0.3, 0.4) is 0 Å². The van der Waals surface area contributed by atoms with E-state index < -0.39 is 0 Å². The van der Waals surface area contributed by atoms with Crippen LogP contribution in [0.2, 0.25) is 0 Å². The van der Waals surface area contributed by atoms with Crippen LogP contribution in [0.5, 0.6) is 0 Å². The fourth-order valence-electron chi connectivity index (χ4n) is 4.41. The highest BCUT2D eigenvalue weighted by molar-refractivity contribution is 7.09. The fourth-order valence-corrected chi connectivity index (χ4v) is 5.11. The summed E-state index contributed by atoms with van der Waals surface area (Å²) in [6.45, 7) is 5.83. The molecule has 1 aliphatic heterocycles. The van der Waals surface area contributed by atoms with Gasteiger partial charge in [0, 0.05) is 29.5 Å². The number of aryl methyl sites for hydroxylation is 1. The second kappa shape index (κ2) is 8.50. The van der Waals surface area contributed by atoms with Gasteiger partial charge in [-0.05, 0) is 62.4 Å². The zero-order chi connectivity index (χ0) is 21.3. The van der Waals surface area contributed by atoms with Gasteiger partial charge in [0.15, 0.2) is 0 Å². The minimum atomic E-state index is -0.0717. The van der Waals surface area contributed by atoms with Crippen LogP contribution in [-0.2, 0) is 18.4 Å². The van der Waals surface area contributed by atoms with Gasteiger partial charge in [-0.1, -0.05) is 6.07 Å². The van der Waals surface area contributed by atoms with Crippen molar-refractivity contribution in [2.24, 2.45) is 7.05 Å². The van der Waals surface area contributed by atoms with E-state index in [2.05, 4.69) is 37.6 Å². The number of anilines is 1. The van der Waals surface area contributed by atoms with Crippen LogP contribution in [0, 0.1) is 25.2 Å². The Kier molecular flexibility index (Phi) is 5.80. The van der Waals surface area contributed by atoms with Gasteiger partial charge in [-0.2, -0.15) is 5.26 Å². The Morgan fingerprint density at radius 2 is 2.17 bits per heavy atom. The summed E-state index contributed by atoms with van der Waals surface area (Å²) in [5.74, 6) is 0.540. The average Bonchev–Trinajstić information content (AvgIpc) is 3.49. The van der Waals surface area contributed by atoms with E-state index in [1.165, 1.54) is 10.6 Å². The predicted octanol–water partition coefficient (Wildman–Crippen LogP) is 4.20. The lowest BCUT2D eigenvalue weighted by Crippen LogP contribution is -2.34. The molecule has 1 atom stereocenters. The van der Waals surface area contributed by atoms with Gasteiger partial charge < -0.3 is 14.5 Å². The van der Waals surface area contributed by atoms with E-state index in [0.29, 0.717) is 24.5 Å². The molecule has 30 heavy (non-hydrogen) atoms. The van der Waals surface area contributed by atoms with Crippen LogP contribution in [0.15, 0.2) is 35.8 Å². The summed E-state index contributed by atoms with van der Waals surface area (Å²) in [6.07, 6.45) is 4.19. The smallest absolute Gasteiger partial charge is 0.239 e. The SMILES string of the molecule is Cc1c(C#N)c(NC(=O)CN2CCC[C@@H]2c2cccn2C)n(Cc2cccs2)c1C. The molecule has 0 bridgehead atoms. The van der Waals surface area contributed by atoms with Crippen LogP contribution in [0.4, 0.5) is 5.82 Å². The van der Waals surface area contributed by atoms with Crippen molar-refractivity contribution < 1.29 is 4.79 Å². The van der Waals surface area contributed by atoms with Crippen LogP contribution < -0.4 is 5.32 Å². The molecule has 6 nitrogen and oxygen atoms in total. The Morgan fingerprint density at radius 1 is 1.33 bits per heavy atom. The first-order chi connectivity index (χ1) is 14.5. The molecule has 0 aromatic carbocycles. The number of hydrogen-bond acceptors (Lipinski definition) is 4. The quantitative estimate of drug-likeness (QED) is 0.649. The third kappa shape index (κ3) is 3.81. The van der Waals surface area contributed by atoms with Gasteiger partial charge in [0.1, 0.15) is 11.9 Å². The topological polar surface area (TPSA) is 66.0 Å². The first-order valence-corrected chi connectivity index (χ1v) is 11.1. The van der Waals surface area contributed by atoms with Crippen LogP contribution in [-0.4, -0.2) is 33.0 Å². The molecule has 1 amide bonds. The molecule has 7 heteroatoms. The highest BCUT2D eigenvalue weighted by Gasteiger charge is 2.29. The van der Waals surface area contributed by atoms with E-state index in [4.69, 9.17) is 0 Å². The Balaban J connectivity index is 1.55. The van der Waals surface area contributed by atoms with Gasteiger partial charge in [-0.3, -0.25) is 9.69 Å². The predicted molar refractivity (Wildman–Crippen MR) is 120 cm³/mol. The second-order valence-corrected chi connectivity index (χ2v) is 8.96. The maximum atomic E-state index is 13.0. The summed E-state index contributed by atoms with van der Waals surface area (Å²) in [7, 11) is 2.05. The van der Waals surface area contributed by atoms with E-state index in [1.807, 2.05) is 44.6 Å². The van der Waals surface area contributed by atoms with Crippen molar-refractivity contribution in [1.29, 1.82) is 5.26 Å². The summed E-state index contributed by atoms with van der Waals surface area (Å²) in [5.41, 5.74) is 3.73. The number of thiophene rings is 1. The normalized spacial score (nSPS) is 16.7. The Labute approximate surface area is 181 Å². The summed E-state index contributed by atoms with van der Waals surface area (Å²) in [4.78, 5) is 16.5. The summed E-state index contributed by atoms with van der Waals surface area (Å²) in [6, 6.07) is 10.8. The lowest BCUT2D eigenvalue weighted by Gasteiger charge is -2.24. The molecule has 1 saturated heterocycles. The average molecular weight is 422 g/mol. The monoisotopic (exact) mass is 421 g/mol. The van der Waals surface area contributed by atoms with Crippen LogP contribution >= 0.6 is 11.3 Å². The van der Waals surface area contributed by atoms with Crippen LogP contribution in [0.25, 0.3) is 0 Å². The minimum absolute atomic E-state index is 0.0717. The molecule has 1 N–H and O–H groups in total. The van der Waals surface area contributed by atoms with E-state index in [0.717, 1.165) is 30.6 Å². The van der Waals surface area contributed by atoms with Crippen molar-refractivity contribution in [3.8, 4) is 6.07 Å².